The van der Waals surface area contributed by atoms with E-state index in [-0.39, 0.29) is 12.6 Å². The van der Waals surface area contributed by atoms with Crippen LogP contribution in [0.2, 0.25) is 5.02 Å². The number of nitrogens with zero attached hydrogens (tertiary/aromatic N) is 1. The SMILES string of the molecule is CC(C)Cc1ccc([C@@H](C)NC(=O)CN2C(=O)N[C@@](C)(c3ccc(Cl)cc3)C2=O)cc1. The molecule has 1 aliphatic heterocycles. The standard InChI is InChI=1S/C24H28ClN3O3/c1-15(2)13-17-5-7-18(8-6-17)16(3)26-21(29)14-28-22(30)24(4,27-23(28)31)19-9-11-20(25)12-10-19/h5-12,15-16H,13-14H2,1-4H3,(H,26,29)(H,27,31)/t16-,24+/m1/s1. The molecular formula is C24H28ClN3O3. The van der Waals surface area contributed by atoms with E-state index in [1.807, 2.05) is 19.1 Å². The molecule has 6 nitrogen and oxygen atoms in total. The molecular weight excluding hydrogens is 414 g/mol. The molecule has 1 saturated heterocycles. The third kappa shape index (κ3) is 5.07. The number of benzene rings is 2. The third-order valence-corrected chi connectivity index (χ3v) is 5.75. The topological polar surface area (TPSA) is 78.5 Å². The summed E-state index contributed by atoms with van der Waals surface area (Å²) in [7, 11) is 0. The molecule has 0 aromatic heterocycles. The minimum Gasteiger partial charge on any atom is -0.348 e. The Morgan fingerprint density at radius 3 is 2.26 bits per heavy atom. The lowest BCUT2D eigenvalue weighted by Crippen LogP contribution is -2.43. The second-order valence-corrected chi connectivity index (χ2v) is 9.02. The third-order valence-electron chi connectivity index (χ3n) is 5.50. The van der Waals surface area contributed by atoms with Gasteiger partial charge in [0.1, 0.15) is 12.1 Å². The van der Waals surface area contributed by atoms with Crippen molar-refractivity contribution >= 4 is 29.4 Å². The second kappa shape index (κ2) is 9.10. The average Bonchev–Trinajstić information content (AvgIpc) is 2.92. The fourth-order valence-corrected chi connectivity index (χ4v) is 3.87. The van der Waals surface area contributed by atoms with E-state index in [2.05, 4.69) is 36.6 Å². The van der Waals surface area contributed by atoms with Crippen LogP contribution < -0.4 is 10.6 Å². The zero-order valence-electron chi connectivity index (χ0n) is 18.2. The minimum absolute atomic E-state index is 0.246. The average molecular weight is 442 g/mol. The molecule has 2 N–H and O–H groups in total. The molecule has 0 unspecified atom stereocenters. The molecule has 2 aromatic carbocycles. The zero-order valence-corrected chi connectivity index (χ0v) is 19.0. The van der Waals surface area contributed by atoms with Crippen molar-refractivity contribution in [1.29, 1.82) is 0 Å². The van der Waals surface area contributed by atoms with Crippen LogP contribution in [0.5, 0.6) is 0 Å². The van der Waals surface area contributed by atoms with Crippen LogP contribution in [-0.2, 0) is 21.5 Å². The van der Waals surface area contributed by atoms with Crippen molar-refractivity contribution in [2.75, 3.05) is 6.54 Å². The maximum Gasteiger partial charge on any atom is 0.325 e. The molecule has 3 rings (SSSR count). The van der Waals surface area contributed by atoms with Crippen LogP contribution in [0.1, 0.15) is 50.4 Å². The summed E-state index contributed by atoms with van der Waals surface area (Å²) in [6.07, 6.45) is 1.000. The number of hydrogen-bond donors (Lipinski definition) is 2. The Bertz CT molecular complexity index is 973. The van der Waals surface area contributed by atoms with Gasteiger partial charge in [-0.15, -0.1) is 0 Å². The molecule has 0 saturated carbocycles. The summed E-state index contributed by atoms with van der Waals surface area (Å²) in [6.45, 7) is 7.49. The van der Waals surface area contributed by atoms with Crippen molar-refractivity contribution in [3.8, 4) is 0 Å². The van der Waals surface area contributed by atoms with Gasteiger partial charge in [0.15, 0.2) is 0 Å². The van der Waals surface area contributed by atoms with E-state index >= 15 is 0 Å². The summed E-state index contributed by atoms with van der Waals surface area (Å²) in [4.78, 5) is 38.9. The van der Waals surface area contributed by atoms with Crippen LogP contribution in [0.15, 0.2) is 48.5 Å². The molecule has 164 valence electrons. The van der Waals surface area contributed by atoms with Crippen LogP contribution in [-0.4, -0.2) is 29.3 Å². The van der Waals surface area contributed by atoms with E-state index < -0.39 is 23.4 Å². The van der Waals surface area contributed by atoms with Crippen molar-refractivity contribution in [2.45, 2.75) is 45.7 Å². The van der Waals surface area contributed by atoms with E-state index in [0.29, 0.717) is 16.5 Å². The highest BCUT2D eigenvalue weighted by atomic mass is 35.5. The highest BCUT2D eigenvalue weighted by Crippen LogP contribution is 2.29. The number of rotatable bonds is 7. The Labute approximate surface area is 188 Å². The molecule has 7 heteroatoms. The lowest BCUT2D eigenvalue weighted by molar-refractivity contribution is -0.135. The number of imide groups is 1. The Morgan fingerprint density at radius 2 is 1.68 bits per heavy atom. The Balaban J connectivity index is 1.64. The smallest absolute Gasteiger partial charge is 0.325 e. The van der Waals surface area contributed by atoms with Crippen LogP contribution >= 0.6 is 11.6 Å². The first-order chi connectivity index (χ1) is 14.6. The lowest BCUT2D eigenvalue weighted by Gasteiger charge is -2.22. The molecule has 0 bridgehead atoms. The number of urea groups is 1. The van der Waals surface area contributed by atoms with Crippen molar-refractivity contribution in [3.63, 3.8) is 0 Å². The quantitative estimate of drug-likeness (QED) is 0.632. The highest BCUT2D eigenvalue weighted by Gasteiger charge is 2.49. The predicted molar refractivity (Wildman–Crippen MR) is 121 cm³/mol. The molecule has 2 atom stereocenters. The van der Waals surface area contributed by atoms with Gasteiger partial charge in [0.2, 0.25) is 5.91 Å². The number of nitrogens with one attached hydrogen (secondary N) is 2. The van der Waals surface area contributed by atoms with E-state index in [4.69, 9.17) is 11.6 Å². The van der Waals surface area contributed by atoms with Crippen LogP contribution in [0, 0.1) is 5.92 Å². The van der Waals surface area contributed by atoms with Gasteiger partial charge in [0.25, 0.3) is 5.91 Å². The minimum atomic E-state index is -1.24. The Kier molecular flexibility index (Phi) is 6.70. The van der Waals surface area contributed by atoms with Gasteiger partial charge >= 0.3 is 6.03 Å². The van der Waals surface area contributed by atoms with Gasteiger partial charge in [-0.25, -0.2) is 4.79 Å². The Morgan fingerprint density at radius 1 is 1.06 bits per heavy atom. The van der Waals surface area contributed by atoms with Gasteiger partial charge in [0.05, 0.1) is 6.04 Å². The van der Waals surface area contributed by atoms with E-state index in [1.165, 1.54) is 5.56 Å². The van der Waals surface area contributed by atoms with Gasteiger partial charge in [0, 0.05) is 5.02 Å². The molecule has 1 fully saturated rings. The van der Waals surface area contributed by atoms with Gasteiger partial charge in [-0.1, -0.05) is 61.8 Å². The van der Waals surface area contributed by atoms with E-state index in [1.54, 1.807) is 31.2 Å². The maximum atomic E-state index is 13.0. The molecule has 2 aromatic rings. The lowest BCUT2D eigenvalue weighted by atomic mass is 9.92. The molecule has 1 aliphatic rings. The molecule has 0 aliphatic carbocycles. The second-order valence-electron chi connectivity index (χ2n) is 8.58. The summed E-state index contributed by atoms with van der Waals surface area (Å²) >= 11 is 5.92. The van der Waals surface area contributed by atoms with Crippen molar-refractivity contribution < 1.29 is 14.4 Å². The van der Waals surface area contributed by atoms with Crippen molar-refractivity contribution in [3.05, 3.63) is 70.2 Å². The highest BCUT2D eigenvalue weighted by molar-refractivity contribution is 6.30. The summed E-state index contributed by atoms with van der Waals surface area (Å²) in [5.41, 5.74) is 1.58. The predicted octanol–water partition coefficient (Wildman–Crippen LogP) is 4.18. The summed E-state index contributed by atoms with van der Waals surface area (Å²) in [5, 5.41) is 6.09. The first-order valence-electron chi connectivity index (χ1n) is 10.4. The summed E-state index contributed by atoms with van der Waals surface area (Å²) in [6, 6.07) is 14.0. The molecule has 0 radical (unpaired) electrons. The summed E-state index contributed by atoms with van der Waals surface area (Å²) in [5.74, 6) is -0.297. The largest absolute Gasteiger partial charge is 0.348 e. The number of carbonyl (C=O) groups is 3. The number of hydrogen-bond acceptors (Lipinski definition) is 3. The van der Waals surface area contributed by atoms with E-state index in [9.17, 15) is 14.4 Å². The van der Waals surface area contributed by atoms with Gasteiger partial charge in [-0.3, -0.25) is 14.5 Å². The molecule has 4 amide bonds. The Hall–Kier alpha value is -2.86. The van der Waals surface area contributed by atoms with Crippen molar-refractivity contribution in [1.82, 2.24) is 15.5 Å². The van der Waals surface area contributed by atoms with Crippen LogP contribution in [0.4, 0.5) is 4.79 Å². The molecule has 31 heavy (non-hydrogen) atoms. The first-order valence-corrected chi connectivity index (χ1v) is 10.8. The van der Waals surface area contributed by atoms with Crippen molar-refractivity contribution in [2.24, 2.45) is 5.92 Å². The van der Waals surface area contributed by atoms with Gasteiger partial charge in [-0.05, 0) is 55.0 Å². The summed E-state index contributed by atoms with van der Waals surface area (Å²) < 4.78 is 0. The fraction of sp³-hybridized carbons (Fsp3) is 0.375. The van der Waals surface area contributed by atoms with Crippen LogP contribution in [0.3, 0.4) is 0 Å². The van der Waals surface area contributed by atoms with E-state index in [0.717, 1.165) is 16.9 Å². The number of halogens is 1. The first kappa shape index (κ1) is 22.8. The van der Waals surface area contributed by atoms with Gasteiger partial charge in [-0.2, -0.15) is 0 Å². The van der Waals surface area contributed by atoms with Crippen LogP contribution in [0.25, 0.3) is 0 Å². The molecule has 1 heterocycles. The monoisotopic (exact) mass is 441 g/mol. The normalized spacial score (nSPS) is 19.5. The molecule has 0 spiro atoms. The number of amides is 4. The maximum absolute atomic E-state index is 13.0. The zero-order chi connectivity index (χ0) is 22.8. The van der Waals surface area contributed by atoms with Gasteiger partial charge < -0.3 is 10.6 Å². The number of carbonyl (C=O) groups excluding carboxylic acids is 3. The fourth-order valence-electron chi connectivity index (χ4n) is 3.75.